The molecule has 5 nitrogen and oxygen atoms in total. The van der Waals surface area contributed by atoms with Crippen LogP contribution in [0.5, 0.6) is 0 Å². The largest absolute Gasteiger partial charge is 0.340 e. The van der Waals surface area contributed by atoms with E-state index in [9.17, 15) is 13.2 Å². The maximum Gasteiger partial charge on any atom is 0.244 e. The summed E-state index contributed by atoms with van der Waals surface area (Å²) in [6.07, 6.45) is 1.97. The number of carbonyl (C=O) groups excluding carboxylic acids is 1. The van der Waals surface area contributed by atoms with Crippen LogP contribution in [0.3, 0.4) is 0 Å². The van der Waals surface area contributed by atoms with E-state index in [0.717, 1.165) is 21.5 Å². The van der Waals surface area contributed by atoms with Gasteiger partial charge in [0.15, 0.2) is 0 Å². The van der Waals surface area contributed by atoms with E-state index in [4.69, 9.17) is 0 Å². The number of amides is 1. The Morgan fingerprint density at radius 2 is 1.90 bits per heavy atom. The molecule has 0 bridgehead atoms. The summed E-state index contributed by atoms with van der Waals surface area (Å²) in [5, 5.41) is 0. The highest BCUT2D eigenvalue weighted by atomic mass is 79.9. The van der Waals surface area contributed by atoms with Crippen molar-refractivity contribution in [1.29, 1.82) is 0 Å². The van der Waals surface area contributed by atoms with Crippen LogP contribution in [0.25, 0.3) is 0 Å². The fourth-order valence-electron chi connectivity index (χ4n) is 2.56. The molecule has 116 valence electrons. The molecule has 2 heterocycles. The SMILES string of the molecule is Cc1sc(Br)cc1S(=O)(=O)N1CCN(C(=O)C2CC2)CC1. The van der Waals surface area contributed by atoms with E-state index in [0.29, 0.717) is 31.1 Å². The molecule has 1 saturated heterocycles. The van der Waals surface area contributed by atoms with Crippen LogP contribution in [-0.4, -0.2) is 49.7 Å². The molecule has 3 rings (SSSR count). The molecule has 1 aliphatic heterocycles. The highest BCUT2D eigenvalue weighted by Crippen LogP contribution is 2.33. The van der Waals surface area contributed by atoms with Crippen molar-refractivity contribution in [2.24, 2.45) is 5.92 Å². The number of nitrogens with zero attached hydrogens (tertiary/aromatic N) is 2. The molecule has 1 aromatic heterocycles. The average molecular weight is 393 g/mol. The molecular weight excluding hydrogens is 376 g/mol. The molecule has 0 N–H and O–H groups in total. The molecule has 2 aliphatic rings. The Morgan fingerprint density at radius 3 is 2.38 bits per heavy atom. The molecule has 0 unspecified atom stereocenters. The van der Waals surface area contributed by atoms with Crippen molar-refractivity contribution in [3.05, 3.63) is 14.7 Å². The van der Waals surface area contributed by atoms with Gasteiger partial charge in [-0.15, -0.1) is 11.3 Å². The van der Waals surface area contributed by atoms with Crippen LogP contribution in [0.1, 0.15) is 17.7 Å². The number of aryl methyl sites for hydroxylation is 1. The third-order valence-electron chi connectivity index (χ3n) is 3.94. The average Bonchev–Trinajstić information content (AvgIpc) is 3.23. The van der Waals surface area contributed by atoms with Gasteiger partial charge in [0, 0.05) is 37.0 Å². The summed E-state index contributed by atoms with van der Waals surface area (Å²) in [6, 6.07) is 1.66. The van der Waals surface area contributed by atoms with E-state index >= 15 is 0 Å². The van der Waals surface area contributed by atoms with Crippen molar-refractivity contribution in [3.8, 4) is 0 Å². The molecule has 0 radical (unpaired) electrons. The van der Waals surface area contributed by atoms with Crippen LogP contribution in [0.4, 0.5) is 0 Å². The topological polar surface area (TPSA) is 57.7 Å². The van der Waals surface area contributed by atoms with Gasteiger partial charge in [0.25, 0.3) is 0 Å². The Hall–Kier alpha value is -0.440. The van der Waals surface area contributed by atoms with Crippen molar-refractivity contribution >= 4 is 43.2 Å². The molecule has 0 aromatic carbocycles. The lowest BCUT2D eigenvalue weighted by Crippen LogP contribution is -2.50. The molecule has 8 heteroatoms. The highest BCUT2D eigenvalue weighted by molar-refractivity contribution is 9.11. The zero-order valence-electron chi connectivity index (χ0n) is 11.7. The summed E-state index contributed by atoms with van der Waals surface area (Å²) in [5.74, 6) is 0.393. The van der Waals surface area contributed by atoms with Gasteiger partial charge in [-0.3, -0.25) is 4.79 Å². The molecule has 1 amide bonds. The maximum atomic E-state index is 12.7. The Bertz CT molecular complexity index is 659. The molecule has 1 aliphatic carbocycles. The molecular formula is C13H17BrN2O3S2. The smallest absolute Gasteiger partial charge is 0.244 e. The van der Waals surface area contributed by atoms with Crippen molar-refractivity contribution < 1.29 is 13.2 Å². The van der Waals surface area contributed by atoms with Gasteiger partial charge in [-0.2, -0.15) is 4.31 Å². The van der Waals surface area contributed by atoms with Crippen LogP contribution in [-0.2, 0) is 14.8 Å². The van der Waals surface area contributed by atoms with Gasteiger partial charge >= 0.3 is 0 Å². The van der Waals surface area contributed by atoms with Gasteiger partial charge in [-0.25, -0.2) is 8.42 Å². The lowest BCUT2D eigenvalue weighted by molar-refractivity contribution is -0.133. The Balaban J connectivity index is 1.71. The zero-order valence-corrected chi connectivity index (χ0v) is 14.9. The van der Waals surface area contributed by atoms with Gasteiger partial charge in [0.05, 0.1) is 8.68 Å². The normalized spacial score (nSPS) is 20.8. The van der Waals surface area contributed by atoms with E-state index in [1.54, 1.807) is 11.0 Å². The second-order valence-corrected chi connectivity index (χ2v) is 10.0. The van der Waals surface area contributed by atoms with Gasteiger partial charge in [0.2, 0.25) is 15.9 Å². The molecule has 2 fully saturated rings. The van der Waals surface area contributed by atoms with Crippen LogP contribution in [0.15, 0.2) is 14.7 Å². The summed E-state index contributed by atoms with van der Waals surface area (Å²) in [7, 11) is -3.45. The lowest BCUT2D eigenvalue weighted by Gasteiger charge is -2.34. The second kappa shape index (κ2) is 5.64. The van der Waals surface area contributed by atoms with Crippen LogP contribution in [0, 0.1) is 12.8 Å². The summed E-state index contributed by atoms with van der Waals surface area (Å²) in [4.78, 5) is 15.0. The summed E-state index contributed by atoms with van der Waals surface area (Å²) >= 11 is 4.76. The van der Waals surface area contributed by atoms with E-state index in [1.165, 1.54) is 15.6 Å². The maximum absolute atomic E-state index is 12.7. The van der Waals surface area contributed by atoms with Crippen LogP contribution < -0.4 is 0 Å². The van der Waals surface area contributed by atoms with Gasteiger partial charge in [0.1, 0.15) is 0 Å². The first-order valence-corrected chi connectivity index (χ1v) is 9.99. The number of halogens is 1. The number of sulfonamides is 1. The van der Waals surface area contributed by atoms with Gasteiger partial charge in [-0.05, 0) is 41.8 Å². The van der Waals surface area contributed by atoms with E-state index < -0.39 is 10.0 Å². The monoisotopic (exact) mass is 392 g/mol. The van der Waals surface area contributed by atoms with Crippen molar-refractivity contribution in [1.82, 2.24) is 9.21 Å². The fraction of sp³-hybridized carbons (Fsp3) is 0.615. The quantitative estimate of drug-likeness (QED) is 0.790. The van der Waals surface area contributed by atoms with E-state index in [1.807, 2.05) is 6.92 Å². The van der Waals surface area contributed by atoms with Crippen LogP contribution in [0.2, 0.25) is 0 Å². The van der Waals surface area contributed by atoms with E-state index in [-0.39, 0.29) is 11.8 Å². The molecule has 21 heavy (non-hydrogen) atoms. The fourth-order valence-corrected chi connectivity index (χ4v) is 6.37. The number of carbonyl (C=O) groups is 1. The van der Waals surface area contributed by atoms with Crippen molar-refractivity contribution in [2.45, 2.75) is 24.7 Å². The third-order valence-corrected chi connectivity index (χ3v) is 7.64. The number of piperazine rings is 1. The Kier molecular flexibility index (Phi) is 4.15. The number of hydrogen-bond donors (Lipinski definition) is 0. The molecule has 0 atom stereocenters. The summed E-state index contributed by atoms with van der Waals surface area (Å²) < 4.78 is 27.6. The standard InChI is InChI=1S/C13H17BrN2O3S2/c1-9-11(8-12(14)20-9)21(18,19)16-6-4-15(5-7-16)13(17)10-2-3-10/h8,10H,2-7H2,1H3. The number of hydrogen-bond acceptors (Lipinski definition) is 4. The van der Waals surface area contributed by atoms with E-state index in [2.05, 4.69) is 15.9 Å². The zero-order chi connectivity index (χ0) is 15.2. The molecule has 1 saturated carbocycles. The second-order valence-electron chi connectivity index (χ2n) is 5.47. The summed E-state index contributed by atoms with van der Waals surface area (Å²) in [5.41, 5.74) is 0. The van der Waals surface area contributed by atoms with Gasteiger partial charge < -0.3 is 4.90 Å². The van der Waals surface area contributed by atoms with Gasteiger partial charge in [-0.1, -0.05) is 0 Å². The number of rotatable bonds is 3. The minimum absolute atomic E-state index is 0.196. The minimum Gasteiger partial charge on any atom is -0.340 e. The predicted octanol–water partition coefficient (Wildman–Crippen LogP) is 2.06. The molecule has 0 spiro atoms. The first kappa shape index (κ1) is 15.5. The predicted molar refractivity (Wildman–Crippen MR) is 84.8 cm³/mol. The highest BCUT2D eigenvalue weighted by Gasteiger charge is 2.37. The Labute approximate surface area is 137 Å². The van der Waals surface area contributed by atoms with Crippen LogP contribution >= 0.6 is 27.3 Å². The van der Waals surface area contributed by atoms with Crippen molar-refractivity contribution in [3.63, 3.8) is 0 Å². The first-order valence-electron chi connectivity index (χ1n) is 6.94. The molecule has 1 aromatic rings. The summed E-state index contributed by atoms with van der Waals surface area (Å²) in [6.45, 7) is 3.58. The number of thiophene rings is 1. The third kappa shape index (κ3) is 3.04. The Morgan fingerprint density at radius 1 is 1.29 bits per heavy atom. The minimum atomic E-state index is -3.45. The van der Waals surface area contributed by atoms with Crippen molar-refractivity contribution in [2.75, 3.05) is 26.2 Å². The lowest BCUT2D eigenvalue weighted by atomic mass is 10.3. The first-order chi connectivity index (χ1) is 9.89.